The van der Waals surface area contributed by atoms with Crippen LogP contribution in [0, 0.1) is 18.6 Å². The zero-order chi connectivity index (χ0) is 14.7. The number of alkyl halides is 1. The maximum atomic E-state index is 14.0. The molecule has 0 saturated heterocycles. The van der Waals surface area contributed by atoms with Crippen molar-refractivity contribution in [2.45, 2.75) is 19.2 Å². The van der Waals surface area contributed by atoms with Gasteiger partial charge in [-0.05, 0) is 37.6 Å². The Hall–Kier alpha value is -1.61. The molecule has 0 radical (unpaired) electrons. The van der Waals surface area contributed by atoms with E-state index in [-0.39, 0.29) is 11.1 Å². The van der Waals surface area contributed by atoms with Crippen LogP contribution in [0.2, 0.25) is 0 Å². The van der Waals surface area contributed by atoms with Gasteiger partial charge in [0, 0.05) is 11.1 Å². The van der Waals surface area contributed by atoms with E-state index >= 15 is 0 Å². The van der Waals surface area contributed by atoms with Gasteiger partial charge in [-0.3, -0.25) is 0 Å². The smallest absolute Gasteiger partial charge is 0.128 e. The lowest BCUT2D eigenvalue weighted by molar-refractivity contribution is 0.336. The highest BCUT2D eigenvalue weighted by molar-refractivity contribution is 6.22. The van der Waals surface area contributed by atoms with Gasteiger partial charge in [0.15, 0.2) is 0 Å². The summed E-state index contributed by atoms with van der Waals surface area (Å²) >= 11 is 6.32. The van der Waals surface area contributed by atoms with E-state index in [9.17, 15) is 8.78 Å². The molecule has 0 aliphatic rings. The number of hydrogen-bond acceptors (Lipinski definition) is 1. The Kier molecular flexibility index (Phi) is 4.61. The molecule has 2 aromatic carbocycles. The van der Waals surface area contributed by atoms with E-state index in [4.69, 9.17) is 16.3 Å². The third-order valence-electron chi connectivity index (χ3n) is 3.04. The molecule has 0 saturated carbocycles. The molecule has 0 aromatic heterocycles. The fraction of sp³-hybridized carbons (Fsp3) is 0.250. The highest BCUT2D eigenvalue weighted by atomic mass is 35.5. The van der Waals surface area contributed by atoms with Crippen LogP contribution in [0.1, 0.15) is 29.0 Å². The molecule has 20 heavy (non-hydrogen) atoms. The van der Waals surface area contributed by atoms with Gasteiger partial charge < -0.3 is 4.74 Å². The molecule has 0 aliphatic heterocycles. The maximum absolute atomic E-state index is 14.0. The second-order valence-corrected chi connectivity index (χ2v) is 4.89. The summed E-state index contributed by atoms with van der Waals surface area (Å²) in [5.41, 5.74) is 0.994. The Morgan fingerprint density at radius 1 is 1.10 bits per heavy atom. The average molecular weight is 297 g/mol. The molecule has 106 valence electrons. The molecule has 0 N–H and O–H groups in total. The minimum atomic E-state index is -0.798. The van der Waals surface area contributed by atoms with Crippen LogP contribution in [-0.2, 0) is 0 Å². The summed E-state index contributed by atoms with van der Waals surface area (Å²) in [6.07, 6.45) is 0. The molecular formula is C16H15ClF2O. The standard InChI is InChI=1S/C16H15ClF2O/c1-3-20-15-7-5-4-6-11(15)16(17)12-9-13(18)10(2)8-14(12)19/h4-9,16H,3H2,1-2H3. The third-order valence-corrected chi connectivity index (χ3v) is 3.51. The van der Waals surface area contributed by atoms with E-state index in [1.54, 1.807) is 18.2 Å². The zero-order valence-corrected chi connectivity index (χ0v) is 12.0. The summed E-state index contributed by atoms with van der Waals surface area (Å²) in [5, 5.41) is -0.798. The number of hydrogen-bond donors (Lipinski definition) is 0. The van der Waals surface area contributed by atoms with E-state index in [1.807, 2.05) is 13.0 Å². The molecule has 0 fully saturated rings. The van der Waals surface area contributed by atoms with E-state index in [0.29, 0.717) is 17.9 Å². The lowest BCUT2D eigenvalue weighted by Gasteiger charge is -2.16. The molecule has 0 heterocycles. The topological polar surface area (TPSA) is 9.23 Å². The molecule has 1 unspecified atom stereocenters. The molecule has 2 rings (SSSR count). The highest BCUT2D eigenvalue weighted by Crippen LogP contribution is 2.36. The Morgan fingerprint density at radius 3 is 2.50 bits per heavy atom. The molecule has 1 atom stereocenters. The lowest BCUT2D eigenvalue weighted by Crippen LogP contribution is -2.03. The summed E-state index contributed by atoms with van der Waals surface area (Å²) in [7, 11) is 0. The van der Waals surface area contributed by atoms with Gasteiger partial charge in [-0.25, -0.2) is 8.78 Å². The maximum Gasteiger partial charge on any atom is 0.128 e. The predicted octanol–water partition coefficient (Wildman–Crippen LogP) is 5.00. The molecule has 0 aliphatic carbocycles. The summed E-state index contributed by atoms with van der Waals surface area (Å²) in [4.78, 5) is 0. The number of halogens is 3. The van der Waals surface area contributed by atoms with Gasteiger partial charge in [0.05, 0.1) is 12.0 Å². The Bertz CT molecular complexity index is 613. The van der Waals surface area contributed by atoms with Crippen LogP contribution in [0.25, 0.3) is 0 Å². The van der Waals surface area contributed by atoms with E-state index in [2.05, 4.69) is 0 Å². The predicted molar refractivity (Wildman–Crippen MR) is 76.4 cm³/mol. The first-order valence-corrected chi connectivity index (χ1v) is 6.79. The van der Waals surface area contributed by atoms with Gasteiger partial charge in [-0.15, -0.1) is 11.6 Å². The lowest BCUT2D eigenvalue weighted by atomic mass is 10.0. The van der Waals surface area contributed by atoms with Crippen LogP contribution in [0.5, 0.6) is 5.75 Å². The van der Waals surface area contributed by atoms with Crippen LogP contribution in [0.3, 0.4) is 0 Å². The summed E-state index contributed by atoms with van der Waals surface area (Å²) < 4.78 is 33.1. The van der Waals surface area contributed by atoms with Crippen LogP contribution >= 0.6 is 11.6 Å². The van der Waals surface area contributed by atoms with Crippen molar-refractivity contribution in [1.29, 1.82) is 0 Å². The van der Waals surface area contributed by atoms with Crippen molar-refractivity contribution in [3.8, 4) is 5.75 Å². The zero-order valence-electron chi connectivity index (χ0n) is 11.3. The van der Waals surface area contributed by atoms with Crippen molar-refractivity contribution in [2.75, 3.05) is 6.61 Å². The first-order chi connectivity index (χ1) is 9.54. The molecule has 0 amide bonds. The first kappa shape index (κ1) is 14.8. The van der Waals surface area contributed by atoms with Gasteiger partial charge in [0.25, 0.3) is 0 Å². The van der Waals surface area contributed by atoms with Gasteiger partial charge in [-0.2, -0.15) is 0 Å². The monoisotopic (exact) mass is 296 g/mol. The van der Waals surface area contributed by atoms with Crippen molar-refractivity contribution in [2.24, 2.45) is 0 Å². The van der Waals surface area contributed by atoms with Crippen molar-refractivity contribution in [3.63, 3.8) is 0 Å². The third kappa shape index (κ3) is 2.93. The molecular weight excluding hydrogens is 282 g/mol. The molecule has 4 heteroatoms. The first-order valence-electron chi connectivity index (χ1n) is 6.36. The molecule has 0 bridgehead atoms. The van der Waals surface area contributed by atoms with Gasteiger partial charge in [0.2, 0.25) is 0 Å². The SMILES string of the molecule is CCOc1ccccc1C(Cl)c1cc(F)c(C)cc1F. The Labute approximate surface area is 122 Å². The highest BCUT2D eigenvalue weighted by Gasteiger charge is 2.20. The molecule has 1 nitrogen and oxygen atoms in total. The number of aryl methyl sites for hydroxylation is 1. The van der Waals surface area contributed by atoms with E-state index in [0.717, 1.165) is 12.1 Å². The van der Waals surface area contributed by atoms with Crippen LogP contribution in [0.4, 0.5) is 8.78 Å². The number of para-hydroxylation sites is 1. The van der Waals surface area contributed by atoms with E-state index in [1.165, 1.54) is 6.92 Å². The van der Waals surface area contributed by atoms with Crippen molar-refractivity contribution < 1.29 is 13.5 Å². The molecule has 2 aromatic rings. The van der Waals surface area contributed by atoms with Crippen LogP contribution < -0.4 is 4.74 Å². The van der Waals surface area contributed by atoms with Crippen LogP contribution in [-0.4, -0.2) is 6.61 Å². The Balaban J connectivity index is 2.46. The Morgan fingerprint density at radius 2 is 1.80 bits per heavy atom. The summed E-state index contributed by atoms with van der Waals surface area (Å²) in [5.74, 6) is -0.411. The van der Waals surface area contributed by atoms with Gasteiger partial charge in [-0.1, -0.05) is 18.2 Å². The van der Waals surface area contributed by atoms with Crippen LogP contribution in [0.15, 0.2) is 36.4 Å². The van der Waals surface area contributed by atoms with Crippen molar-refractivity contribution in [3.05, 3.63) is 64.7 Å². The second-order valence-electron chi connectivity index (χ2n) is 4.46. The minimum Gasteiger partial charge on any atom is -0.494 e. The van der Waals surface area contributed by atoms with Crippen molar-refractivity contribution in [1.82, 2.24) is 0 Å². The quantitative estimate of drug-likeness (QED) is 0.721. The fourth-order valence-corrected chi connectivity index (χ4v) is 2.35. The normalized spacial score (nSPS) is 12.2. The largest absolute Gasteiger partial charge is 0.494 e. The fourth-order valence-electron chi connectivity index (χ4n) is 2.00. The molecule has 0 spiro atoms. The van der Waals surface area contributed by atoms with Gasteiger partial charge in [0.1, 0.15) is 17.4 Å². The van der Waals surface area contributed by atoms with Crippen molar-refractivity contribution >= 4 is 11.6 Å². The second kappa shape index (κ2) is 6.23. The number of benzene rings is 2. The summed E-state index contributed by atoms with van der Waals surface area (Å²) in [6.45, 7) is 3.84. The van der Waals surface area contributed by atoms with E-state index < -0.39 is 17.0 Å². The average Bonchev–Trinajstić information content (AvgIpc) is 2.43. The van der Waals surface area contributed by atoms with Gasteiger partial charge >= 0.3 is 0 Å². The summed E-state index contributed by atoms with van der Waals surface area (Å²) in [6, 6.07) is 9.41. The number of rotatable bonds is 4. The minimum absolute atomic E-state index is 0.113. The number of ether oxygens (including phenoxy) is 1.